The van der Waals surface area contributed by atoms with Gasteiger partial charge in [0.1, 0.15) is 0 Å². The Morgan fingerprint density at radius 2 is 1.62 bits per heavy atom. The van der Waals surface area contributed by atoms with Crippen LogP contribution in [-0.4, -0.2) is 9.76 Å². The van der Waals surface area contributed by atoms with E-state index in [-0.39, 0.29) is 0 Å². The molecule has 2 heteroatoms. The average molecular weight is 234 g/mol. The van der Waals surface area contributed by atoms with Gasteiger partial charge in [-0.15, -0.1) is 0 Å². The summed E-state index contributed by atoms with van der Waals surface area (Å²) in [6.45, 7) is 10.9. The molecule has 0 spiro atoms. The summed E-state index contributed by atoms with van der Waals surface area (Å²) in [6.07, 6.45) is 0. The predicted octanol–water partition coefficient (Wildman–Crippen LogP) is 3.76. The van der Waals surface area contributed by atoms with Crippen LogP contribution in [0.15, 0.2) is 36.1 Å². The van der Waals surface area contributed by atoms with E-state index in [1.807, 2.05) is 6.07 Å². The van der Waals surface area contributed by atoms with Crippen LogP contribution in [0.25, 0.3) is 5.57 Å². The number of allylic oxidation sites excluding steroid dienone is 2. The minimum atomic E-state index is -0.503. The summed E-state index contributed by atoms with van der Waals surface area (Å²) in [5.41, 5.74) is 2.50. The summed E-state index contributed by atoms with van der Waals surface area (Å²) >= 11 is 0. The van der Waals surface area contributed by atoms with Gasteiger partial charge in [0.2, 0.25) is 9.76 Å². The maximum Gasteiger partial charge on any atom is 0.224 e. The highest BCUT2D eigenvalue weighted by Gasteiger charge is 2.13. The van der Waals surface area contributed by atoms with Crippen LogP contribution in [0.3, 0.4) is 0 Å². The highest BCUT2D eigenvalue weighted by atomic mass is 28.2. The SMILES string of the molecule is CC(O[SiH2]C(C)(C)C)=C(C)c1ccccc1. The van der Waals surface area contributed by atoms with Crippen molar-refractivity contribution in [3.8, 4) is 0 Å². The van der Waals surface area contributed by atoms with Crippen LogP contribution in [0.4, 0.5) is 0 Å². The maximum atomic E-state index is 5.94. The molecule has 0 atom stereocenters. The summed E-state index contributed by atoms with van der Waals surface area (Å²) < 4.78 is 5.94. The van der Waals surface area contributed by atoms with E-state index in [1.165, 1.54) is 11.1 Å². The van der Waals surface area contributed by atoms with Crippen molar-refractivity contribution in [2.24, 2.45) is 0 Å². The zero-order valence-electron chi connectivity index (χ0n) is 11.0. The van der Waals surface area contributed by atoms with Crippen LogP contribution in [0.2, 0.25) is 5.04 Å². The van der Waals surface area contributed by atoms with Crippen LogP contribution < -0.4 is 0 Å². The van der Waals surface area contributed by atoms with Crippen LogP contribution in [0.1, 0.15) is 40.2 Å². The van der Waals surface area contributed by atoms with Crippen molar-refractivity contribution in [2.45, 2.75) is 39.7 Å². The van der Waals surface area contributed by atoms with Gasteiger partial charge in [0.25, 0.3) is 0 Å². The van der Waals surface area contributed by atoms with E-state index >= 15 is 0 Å². The van der Waals surface area contributed by atoms with Crippen molar-refractivity contribution in [1.82, 2.24) is 0 Å². The lowest BCUT2D eigenvalue weighted by Crippen LogP contribution is -2.11. The van der Waals surface area contributed by atoms with E-state index < -0.39 is 9.76 Å². The molecular formula is C14H22OSi. The molecule has 0 heterocycles. The first-order valence-electron chi connectivity index (χ1n) is 5.76. The van der Waals surface area contributed by atoms with Crippen molar-refractivity contribution in [3.05, 3.63) is 41.7 Å². The molecule has 0 radical (unpaired) electrons. The minimum absolute atomic E-state index is 0.345. The summed E-state index contributed by atoms with van der Waals surface area (Å²) in [6, 6.07) is 10.4. The van der Waals surface area contributed by atoms with Gasteiger partial charge in [-0.2, -0.15) is 0 Å². The molecule has 0 saturated heterocycles. The van der Waals surface area contributed by atoms with Crippen LogP contribution in [0.5, 0.6) is 0 Å². The number of hydrogen-bond acceptors (Lipinski definition) is 1. The van der Waals surface area contributed by atoms with Gasteiger partial charge in [-0.25, -0.2) is 0 Å². The second-order valence-electron chi connectivity index (χ2n) is 5.40. The molecule has 0 saturated carbocycles. The lowest BCUT2D eigenvalue weighted by molar-refractivity contribution is 0.431. The van der Waals surface area contributed by atoms with Gasteiger partial charge in [-0.05, 0) is 30.0 Å². The first kappa shape index (κ1) is 13.0. The summed E-state index contributed by atoms with van der Waals surface area (Å²) in [5.74, 6) is 1.08. The molecule has 88 valence electrons. The lowest BCUT2D eigenvalue weighted by Gasteiger charge is -2.19. The molecule has 0 amide bonds. The van der Waals surface area contributed by atoms with Gasteiger partial charge in [-0.3, -0.25) is 0 Å². The van der Waals surface area contributed by atoms with Gasteiger partial charge in [0.15, 0.2) is 0 Å². The molecular weight excluding hydrogens is 212 g/mol. The third-order valence-corrected chi connectivity index (χ3v) is 3.90. The van der Waals surface area contributed by atoms with Crippen LogP contribution in [-0.2, 0) is 4.43 Å². The van der Waals surface area contributed by atoms with E-state index in [9.17, 15) is 0 Å². The lowest BCUT2D eigenvalue weighted by atomic mass is 10.1. The first-order chi connectivity index (χ1) is 7.40. The fraction of sp³-hybridized carbons (Fsp3) is 0.429. The van der Waals surface area contributed by atoms with Crippen molar-refractivity contribution >= 4 is 15.3 Å². The van der Waals surface area contributed by atoms with E-state index in [0.29, 0.717) is 5.04 Å². The van der Waals surface area contributed by atoms with E-state index in [0.717, 1.165) is 5.76 Å². The van der Waals surface area contributed by atoms with Crippen molar-refractivity contribution in [3.63, 3.8) is 0 Å². The number of benzene rings is 1. The third-order valence-electron chi connectivity index (χ3n) is 2.46. The van der Waals surface area contributed by atoms with Gasteiger partial charge in [-0.1, -0.05) is 51.1 Å². The molecule has 0 bridgehead atoms. The van der Waals surface area contributed by atoms with E-state index in [2.05, 4.69) is 58.9 Å². The zero-order valence-corrected chi connectivity index (χ0v) is 12.4. The molecule has 0 aliphatic carbocycles. The summed E-state index contributed by atoms with van der Waals surface area (Å²) in [7, 11) is -0.503. The van der Waals surface area contributed by atoms with Crippen molar-refractivity contribution in [1.29, 1.82) is 0 Å². The molecule has 1 rings (SSSR count). The monoisotopic (exact) mass is 234 g/mol. The Kier molecular flexibility index (Phi) is 4.36. The Bertz CT molecular complexity index is 360. The number of hydrogen-bond donors (Lipinski definition) is 0. The molecule has 1 aromatic carbocycles. The Labute approximate surface area is 101 Å². The quantitative estimate of drug-likeness (QED) is 0.571. The fourth-order valence-electron chi connectivity index (χ4n) is 1.32. The molecule has 0 aliphatic rings. The second kappa shape index (κ2) is 5.35. The summed E-state index contributed by atoms with van der Waals surface area (Å²) in [5, 5.41) is 0.345. The Morgan fingerprint density at radius 1 is 1.06 bits per heavy atom. The van der Waals surface area contributed by atoms with Crippen LogP contribution in [0, 0.1) is 0 Å². The highest BCUT2D eigenvalue weighted by molar-refractivity contribution is 6.32. The Hall–Kier alpha value is -1.02. The van der Waals surface area contributed by atoms with Gasteiger partial charge < -0.3 is 4.43 Å². The molecule has 16 heavy (non-hydrogen) atoms. The van der Waals surface area contributed by atoms with Gasteiger partial charge in [0, 0.05) is 0 Å². The standard InChI is InChI=1S/C14H22OSi/c1-11(13-9-7-6-8-10-13)12(2)15-16-14(3,4)5/h6-10H,16H2,1-5H3. The predicted molar refractivity (Wildman–Crippen MR) is 74.1 cm³/mol. The molecule has 0 aliphatic heterocycles. The Balaban J connectivity index is 2.74. The molecule has 0 N–H and O–H groups in total. The second-order valence-corrected chi connectivity index (χ2v) is 8.10. The van der Waals surface area contributed by atoms with Crippen molar-refractivity contribution < 1.29 is 4.43 Å². The van der Waals surface area contributed by atoms with E-state index in [4.69, 9.17) is 4.43 Å². The normalized spacial score (nSPS) is 14.1. The third kappa shape index (κ3) is 4.23. The largest absolute Gasteiger partial charge is 0.552 e. The molecule has 0 aromatic heterocycles. The molecule has 0 unspecified atom stereocenters. The molecule has 1 aromatic rings. The zero-order chi connectivity index (χ0) is 12.2. The molecule has 0 fully saturated rings. The minimum Gasteiger partial charge on any atom is -0.552 e. The van der Waals surface area contributed by atoms with Gasteiger partial charge in [0.05, 0.1) is 5.76 Å². The van der Waals surface area contributed by atoms with Crippen molar-refractivity contribution in [2.75, 3.05) is 0 Å². The Morgan fingerprint density at radius 3 is 2.12 bits per heavy atom. The smallest absolute Gasteiger partial charge is 0.224 e. The van der Waals surface area contributed by atoms with E-state index in [1.54, 1.807) is 0 Å². The first-order valence-corrected chi connectivity index (χ1v) is 7.04. The highest BCUT2D eigenvalue weighted by Crippen LogP contribution is 2.24. The average Bonchev–Trinajstić information content (AvgIpc) is 2.25. The molecule has 1 nitrogen and oxygen atoms in total. The van der Waals surface area contributed by atoms with Crippen LogP contribution >= 0.6 is 0 Å². The van der Waals surface area contributed by atoms with Gasteiger partial charge >= 0.3 is 0 Å². The summed E-state index contributed by atoms with van der Waals surface area (Å²) in [4.78, 5) is 0. The maximum absolute atomic E-state index is 5.94. The fourth-order valence-corrected chi connectivity index (χ4v) is 2.19. The number of rotatable bonds is 3. The topological polar surface area (TPSA) is 9.23 Å².